The molecule has 0 heterocycles. The van der Waals surface area contributed by atoms with E-state index in [0.29, 0.717) is 25.3 Å². The van der Waals surface area contributed by atoms with Crippen molar-refractivity contribution in [2.45, 2.75) is 20.0 Å². The summed E-state index contributed by atoms with van der Waals surface area (Å²) >= 11 is 0. The molecule has 0 atom stereocenters. The zero-order chi connectivity index (χ0) is 15.0. The second-order valence-corrected chi connectivity index (χ2v) is 4.70. The van der Waals surface area contributed by atoms with Crippen molar-refractivity contribution in [2.75, 3.05) is 33.4 Å². The minimum absolute atomic E-state index is 0.0655. The summed E-state index contributed by atoms with van der Waals surface area (Å²) in [7, 11) is 1.58. The molecule has 0 fully saturated rings. The van der Waals surface area contributed by atoms with Gasteiger partial charge in [0.2, 0.25) is 0 Å². The Labute approximate surface area is 120 Å². The Bertz CT molecular complexity index is 403. The van der Waals surface area contributed by atoms with E-state index < -0.39 is 0 Å². The minimum Gasteiger partial charge on any atom is -0.491 e. The Morgan fingerprint density at radius 1 is 1.25 bits per heavy atom. The Balaban J connectivity index is 2.72. The molecule has 5 heteroatoms. The van der Waals surface area contributed by atoms with Crippen molar-refractivity contribution < 1.29 is 19.4 Å². The fourth-order valence-corrected chi connectivity index (χ4v) is 1.77. The molecule has 1 amide bonds. The molecule has 0 bridgehead atoms. The van der Waals surface area contributed by atoms with Gasteiger partial charge in [0, 0.05) is 25.8 Å². The quantitative estimate of drug-likeness (QED) is 0.785. The lowest BCUT2D eigenvalue weighted by Crippen LogP contribution is -2.36. The van der Waals surface area contributed by atoms with E-state index in [2.05, 4.69) is 0 Å². The van der Waals surface area contributed by atoms with Crippen LogP contribution >= 0.6 is 0 Å². The summed E-state index contributed by atoms with van der Waals surface area (Å²) in [5.74, 6) is 0.620. The molecule has 0 radical (unpaired) electrons. The first-order valence-electron chi connectivity index (χ1n) is 6.74. The van der Waals surface area contributed by atoms with Crippen LogP contribution in [0, 0.1) is 0 Å². The summed E-state index contributed by atoms with van der Waals surface area (Å²) < 4.78 is 10.5. The van der Waals surface area contributed by atoms with Gasteiger partial charge in [-0.3, -0.25) is 4.79 Å². The predicted octanol–water partition coefficient (Wildman–Crippen LogP) is 1.55. The van der Waals surface area contributed by atoms with Crippen molar-refractivity contribution in [1.29, 1.82) is 0 Å². The van der Waals surface area contributed by atoms with E-state index in [0.717, 1.165) is 5.75 Å². The summed E-state index contributed by atoms with van der Waals surface area (Å²) in [5.41, 5.74) is 0.575. The van der Waals surface area contributed by atoms with Gasteiger partial charge in [-0.2, -0.15) is 0 Å². The van der Waals surface area contributed by atoms with Crippen LogP contribution in [0.2, 0.25) is 0 Å². The van der Waals surface area contributed by atoms with Gasteiger partial charge in [-0.1, -0.05) is 0 Å². The molecule has 112 valence electrons. The number of amides is 1. The highest BCUT2D eigenvalue weighted by Crippen LogP contribution is 2.15. The van der Waals surface area contributed by atoms with E-state index in [4.69, 9.17) is 14.6 Å². The SMILES string of the molecule is COCCN(CCO)C(=O)c1ccc(OC(C)C)cc1. The number of carbonyl (C=O) groups excluding carboxylic acids is 1. The van der Waals surface area contributed by atoms with Gasteiger partial charge in [0.25, 0.3) is 5.91 Å². The summed E-state index contributed by atoms with van der Waals surface area (Å²) in [4.78, 5) is 13.9. The molecule has 0 saturated carbocycles. The summed E-state index contributed by atoms with van der Waals surface area (Å²) in [6.07, 6.45) is 0.101. The van der Waals surface area contributed by atoms with Crippen molar-refractivity contribution in [3.05, 3.63) is 29.8 Å². The third-order valence-electron chi connectivity index (χ3n) is 2.70. The molecule has 1 rings (SSSR count). The predicted molar refractivity (Wildman–Crippen MR) is 77.1 cm³/mol. The molecule has 5 nitrogen and oxygen atoms in total. The van der Waals surface area contributed by atoms with E-state index in [9.17, 15) is 4.79 Å². The molecular weight excluding hydrogens is 258 g/mol. The Hall–Kier alpha value is -1.59. The van der Waals surface area contributed by atoms with Crippen LogP contribution in [0.15, 0.2) is 24.3 Å². The smallest absolute Gasteiger partial charge is 0.254 e. The number of aliphatic hydroxyl groups is 1. The number of benzene rings is 1. The maximum atomic E-state index is 12.3. The third kappa shape index (κ3) is 5.19. The van der Waals surface area contributed by atoms with Crippen molar-refractivity contribution in [1.82, 2.24) is 4.90 Å². The van der Waals surface area contributed by atoms with Gasteiger partial charge in [0.1, 0.15) is 5.75 Å². The average molecular weight is 281 g/mol. The Morgan fingerprint density at radius 2 is 1.90 bits per heavy atom. The van der Waals surface area contributed by atoms with Crippen LogP contribution in [-0.2, 0) is 4.74 Å². The number of hydrogen-bond acceptors (Lipinski definition) is 4. The van der Waals surface area contributed by atoms with Crippen molar-refractivity contribution in [3.8, 4) is 5.75 Å². The molecule has 20 heavy (non-hydrogen) atoms. The first-order valence-corrected chi connectivity index (χ1v) is 6.74. The molecule has 0 spiro atoms. The largest absolute Gasteiger partial charge is 0.491 e. The second kappa shape index (κ2) is 8.55. The number of nitrogens with zero attached hydrogens (tertiary/aromatic N) is 1. The molecule has 1 N–H and O–H groups in total. The zero-order valence-corrected chi connectivity index (χ0v) is 12.3. The highest BCUT2D eigenvalue weighted by Gasteiger charge is 2.15. The van der Waals surface area contributed by atoms with Crippen LogP contribution in [0.4, 0.5) is 0 Å². The van der Waals surface area contributed by atoms with Gasteiger partial charge >= 0.3 is 0 Å². The number of rotatable bonds is 8. The van der Waals surface area contributed by atoms with E-state index in [1.54, 1.807) is 36.3 Å². The zero-order valence-electron chi connectivity index (χ0n) is 12.3. The highest BCUT2D eigenvalue weighted by atomic mass is 16.5. The van der Waals surface area contributed by atoms with Gasteiger partial charge in [-0.15, -0.1) is 0 Å². The van der Waals surface area contributed by atoms with Gasteiger partial charge in [0.05, 0.1) is 19.3 Å². The first kappa shape index (κ1) is 16.5. The van der Waals surface area contributed by atoms with Gasteiger partial charge in [0.15, 0.2) is 0 Å². The molecule has 1 aromatic rings. The number of ether oxygens (including phenoxy) is 2. The Kier molecular flexibility index (Phi) is 7.04. The average Bonchev–Trinajstić information content (AvgIpc) is 2.43. The molecule has 0 aromatic heterocycles. The molecule has 0 aliphatic carbocycles. The minimum atomic E-state index is -0.118. The number of methoxy groups -OCH3 is 1. The lowest BCUT2D eigenvalue weighted by Gasteiger charge is -2.21. The second-order valence-electron chi connectivity index (χ2n) is 4.70. The van der Waals surface area contributed by atoms with Crippen LogP contribution in [0.3, 0.4) is 0 Å². The molecule has 0 aliphatic heterocycles. The van der Waals surface area contributed by atoms with Gasteiger partial charge in [-0.05, 0) is 38.1 Å². The summed E-state index contributed by atoms with van der Waals surface area (Å²) in [6.45, 7) is 5.04. The fraction of sp³-hybridized carbons (Fsp3) is 0.533. The number of carbonyl (C=O) groups is 1. The molecule has 0 saturated heterocycles. The maximum absolute atomic E-state index is 12.3. The normalized spacial score (nSPS) is 10.7. The lowest BCUT2D eigenvalue weighted by molar-refractivity contribution is 0.0656. The third-order valence-corrected chi connectivity index (χ3v) is 2.70. The van der Waals surface area contributed by atoms with Crippen LogP contribution in [-0.4, -0.2) is 55.4 Å². The standard InChI is InChI=1S/C15H23NO4/c1-12(2)20-14-6-4-13(5-7-14)15(18)16(8-10-17)9-11-19-3/h4-7,12,17H,8-11H2,1-3H3. The van der Waals surface area contributed by atoms with Gasteiger partial charge in [-0.25, -0.2) is 0 Å². The molecule has 1 aromatic carbocycles. The van der Waals surface area contributed by atoms with E-state index in [1.807, 2.05) is 13.8 Å². The van der Waals surface area contributed by atoms with Crippen LogP contribution in [0.5, 0.6) is 5.75 Å². The van der Waals surface area contributed by atoms with Gasteiger partial charge < -0.3 is 19.5 Å². The van der Waals surface area contributed by atoms with Crippen LogP contribution in [0.25, 0.3) is 0 Å². The van der Waals surface area contributed by atoms with E-state index in [-0.39, 0.29) is 18.6 Å². The lowest BCUT2D eigenvalue weighted by atomic mass is 10.2. The first-order chi connectivity index (χ1) is 9.58. The fourth-order valence-electron chi connectivity index (χ4n) is 1.77. The highest BCUT2D eigenvalue weighted by molar-refractivity contribution is 5.94. The van der Waals surface area contributed by atoms with Crippen molar-refractivity contribution >= 4 is 5.91 Å². The van der Waals surface area contributed by atoms with E-state index in [1.165, 1.54) is 0 Å². The number of aliphatic hydroxyl groups excluding tert-OH is 1. The monoisotopic (exact) mass is 281 g/mol. The van der Waals surface area contributed by atoms with Crippen LogP contribution < -0.4 is 4.74 Å². The summed E-state index contributed by atoms with van der Waals surface area (Å²) in [6, 6.07) is 7.02. The summed E-state index contributed by atoms with van der Waals surface area (Å²) in [5, 5.41) is 9.02. The molecule has 0 aliphatic rings. The van der Waals surface area contributed by atoms with Crippen molar-refractivity contribution in [2.24, 2.45) is 0 Å². The topological polar surface area (TPSA) is 59.0 Å². The van der Waals surface area contributed by atoms with Crippen LogP contribution in [0.1, 0.15) is 24.2 Å². The molecular formula is C15H23NO4. The maximum Gasteiger partial charge on any atom is 0.254 e. The Morgan fingerprint density at radius 3 is 2.40 bits per heavy atom. The van der Waals surface area contributed by atoms with E-state index >= 15 is 0 Å². The molecule has 0 unspecified atom stereocenters. The number of hydrogen-bond donors (Lipinski definition) is 1. The van der Waals surface area contributed by atoms with Crippen molar-refractivity contribution in [3.63, 3.8) is 0 Å².